The smallest absolute Gasteiger partial charge is 0.338 e. The molecule has 0 rings (SSSR count). The van der Waals surface area contributed by atoms with Gasteiger partial charge in [0.15, 0.2) is 0 Å². The number of esters is 2. The third-order valence-electron chi connectivity index (χ3n) is 6.28. The van der Waals surface area contributed by atoms with Crippen LogP contribution in [0, 0.1) is 0 Å². The summed E-state index contributed by atoms with van der Waals surface area (Å²) in [6, 6.07) is 0. The summed E-state index contributed by atoms with van der Waals surface area (Å²) in [5, 5.41) is 0. The molecule has 0 saturated heterocycles. The van der Waals surface area contributed by atoms with Crippen LogP contribution in [0.1, 0.15) is 150 Å². The fourth-order valence-electron chi connectivity index (χ4n) is 3.91. The van der Waals surface area contributed by atoms with Gasteiger partial charge in [-0.2, -0.15) is 0 Å². The first kappa shape index (κ1) is 32.4. The Morgan fingerprint density at radius 2 is 1.00 bits per heavy atom. The standard InChI is InChI=1S/C30H54O4/c1-6-8-10-12-14-16-17-19-21-23-25-33-30(32)27(5)28(34-29(31)26(3)4)24-22-20-18-15-13-11-9-7-2/h3,6-25H2,1-2,4-5H3/b28-27-. The van der Waals surface area contributed by atoms with Crippen LogP contribution in [0.15, 0.2) is 23.5 Å². The molecule has 0 aromatic heterocycles. The molecule has 34 heavy (non-hydrogen) atoms. The van der Waals surface area contributed by atoms with Gasteiger partial charge in [-0.25, -0.2) is 9.59 Å². The fourth-order valence-corrected chi connectivity index (χ4v) is 3.91. The van der Waals surface area contributed by atoms with Crippen molar-refractivity contribution < 1.29 is 19.1 Å². The molecule has 4 heteroatoms. The highest BCUT2D eigenvalue weighted by molar-refractivity contribution is 5.91. The molecule has 0 aromatic rings. The van der Waals surface area contributed by atoms with Gasteiger partial charge in [0.2, 0.25) is 0 Å². The summed E-state index contributed by atoms with van der Waals surface area (Å²) in [6.07, 6.45) is 22.6. The maximum atomic E-state index is 12.5. The van der Waals surface area contributed by atoms with Gasteiger partial charge < -0.3 is 9.47 Å². The molecule has 0 N–H and O–H groups in total. The number of rotatable bonds is 23. The first-order chi connectivity index (χ1) is 16.4. The van der Waals surface area contributed by atoms with E-state index in [1.165, 1.54) is 89.9 Å². The zero-order valence-electron chi connectivity index (χ0n) is 23.0. The summed E-state index contributed by atoms with van der Waals surface area (Å²) in [5.41, 5.74) is 0.740. The van der Waals surface area contributed by atoms with Crippen molar-refractivity contribution in [3.05, 3.63) is 23.5 Å². The topological polar surface area (TPSA) is 52.6 Å². The van der Waals surface area contributed by atoms with E-state index in [-0.39, 0.29) is 5.97 Å². The summed E-state index contributed by atoms with van der Waals surface area (Å²) in [6.45, 7) is 11.9. The van der Waals surface area contributed by atoms with E-state index in [9.17, 15) is 9.59 Å². The lowest BCUT2D eigenvalue weighted by atomic mass is 10.1. The van der Waals surface area contributed by atoms with Crippen LogP contribution in [0.3, 0.4) is 0 Å². The average Bonchev–Trinajstić information content (AvgIpc) is 2.82. The SMILES string of the molecule is C=C(C)C(=O)O/C(CCCCCCCCCC)=C(/C)C(=O)OCCCCCCCCCCCC. The molecule has 0 unspecified atom stereocenters. The minimum Gasteiger partial charge on any atom is -0.462 e. The number of unbranched alkanes of at least 4 members (excludes halogenated alkanes) is 16. The number of carbonyl (C=O) groups excluding carboxylic acids is 2. The lowest BCUT2D eigenvalue weighted by Gasteiger charge is -2.13. The second-order valence-electron chi connectivity index (χ2n) is 9.76. The minimum absolute atomic E-state index is 0.333. The Morgan fingerprint density at radius 1 is 0.588 bits per heavy atom. The second-order valence-corrected chi connectivity index (χ2v) is 9.76. The number of hydrogen-bond acceptors (Lipinski definition) is 4. The molecule has 0 saturated carbocycles. The summed E-state index contributed by atoms with van der Waals surface area (Å²) in [5.74, 6) is -0.413. The Labute approximate surface area is 210 Å². The molecule has 0 heterocycles. The van der Waals surface area contributed by atoms with Crippen molar-refractivity contribution >= 4 is 11.9 Å². The summed E-state index contributed by atoms with van der Waals surface area (Å²) < 4.78 is 11.0. The van der Waals surface area contributed by atoms with Crippen LogP contribution in [-0.2, 0) is 19.1 Å². The molecule has 0 amide bonds. The molecule has 198 valence electrons. The van der Waals surface area contributed by atoms with E-state index in [0.717, 1.165) is 25.7 Å². The highest BCUT2D eigenvalue weighted by Gasteiger charge is 2.17. The fraction of sp³-hybridized carbons (Fsp3) is 0.800. The Hall–Kier alpha value is -1.58. The van der Waals surface area contributed by atoms with Crippen molar-refractivity contribution in [3.8, 4) is 0 Å². The number of ether oxygens (including phenoxy) is 2. The lowest BCUT2D eigenvalue weighted by Crippen LogP contribution is -2.13. The molecule has 0 aliphatic rings. The minimum atomic E-state index is -0.476. The van der Waals surface area contributed by atoms with Crippen LogP contribution in [0.5, 0.6) is 0 Å². The maximum absolute atomic E-state index is 12.5. The molecule has 0 aromatic carbocycles. The average molecular weight is 479 g/mol. The van der Waals surface area contributed by atoms with Crippen molar-refractivity contribution in [1.82, 2.24) is 0 Å². The molecule has 0 spiro atoms. The maximum Gasteiger partial charge on any atom is 0.338 e. The second kappa shape index (κ2) is 23.2. The third kappa shape index (κ3) is 18.8. The Kier molecular flexibility index (Phi) is 22.1. The van der Waals surface area contributed by atoms with Gasteiger partial charge >= 0.3 is 11.9 Å². The van der Waals surface area contributed by atoms with Crippen LogP contribution in [-0.4, -0.2) is 18.5 Å². The third-order valence-corrected chi connectivity index (χ3v) is 6.28. The van der Waals surface area contributed by atoms with Crippen molar-refractivity contribution in [3.63, 3.8) is 0 Å². The highest BCUT2D eigenvalue weighted by Crippen LogP contribution is 2.19. The quantitative estimate of drug-likeness (QED) is 0.0635. The molecule has 4 nitrogen and oxygen atoms in total. The Bertz CT molecular complexity index is 576. The predicted octanol–water partition coefficient (Wildman–Crippen LogP) is 9.37. The van der Waals surface area contributed by atoms with E-state index in [0.29, 0.717) is 29.9 Å². The van der Waals surface area contributed by atoms with Gasteiger partial charge in [0.1, 0.15) is 5.76 Å². The molecule has 0 radical (unpaired) electrons. The van der Waals surface area contributed by atoms with Crippen LogP contribution >= 0.6 is 0 Å². The largest absolute Gasteiger partial charge is 0.462 e. The molecule has 0 fully saturated rings. The van der Waals surface area contributed by atoms with Gasteiger partial charge in [-0.3, -0.25) is 0 Å². The van der Waals surface area contributed by atoms with Crippen LogP contribution in [0.2, 0.25) is 0 Å². The zero-order valence-corrected chi connectivity index (χ0v) is 23.0. The van der Waals surface area contributed by atoms with E-state index >= 15 is 0 Å². The van der Waals surface area contributed by atoms with Crippen molar-refractivity contribution in [2.24, 2.45) is 0 Å². The van der Waals surface area contributed by atoms with Crippen LogP contribution < -0.4 is 0 Å². The van der Waals surface area contributed by atoms with Crippen LogP contribution in [0.25, 0.3) is 0 Å². The summed E-state index contributed by atoms with van der Waals surface area (Å²) in [4.78, 5) is 24.6. The van der Waals surface area contributed by atoms with Crippen molar-refractivity contribution in [2.75, 3.05) is 6.61 Å². The Morgan fingerprint density at radius 3 is 1.44 bits per heavy atom. The monoisotopic (exact) mass is 478 g/mol. The van der Waals surface area contributed by atoms with E-state index in [2.05, 4.69) is 20.4 Å². The molecular formula is C30H54O4. The number of allylic oxidation sites excluding steroid dienone is 1. The van der Waals surface area contributed by atoms with Gasteiger partial charge in [0, 0.05) is 12.0 Å². The molecule has 0 aliphatic heterocycles. The van der Waals surface area contributed by atoms with Crippen molar-refractivity contribution in [1.29, 1.82) is 0 Å². The summed E-state index contributed by atoms with van der Waals surface area (Å²) >= 11 is 0. The molecular weight excluding hydrogens is 424 g/mol. The summed E-state index contributed by atoms with van der Waals surface area (Å²) in [7, 11) is 0. The van der Waals surface area contributed by atoms with Gasteiger partial charge in [-0.05, 0) is 26.7 Å². The van der Waals surface area contributed by atoms with Gasteiger partial charge in [-0.1, -0.05) is 123 Å². The van der Waals surface area contributed by atoms with Crippen molar-refractivity contribution in [2.45, 2.75) is 150 Å². The molecule has 0 atom stereocenters. The van der Waals surface area contributed by atoms with Crippen LogP contribution in [0.4, 0.5) is 0 Å². The van der Waals surface area contributed by atoms with E-state index < -0.39 is 5.97 Å². The lowest BCUT2D eigenvalue weighted by molar-refractivity contribution is -0.140. The van der Waals surface area contributed by atoms with E-state index in [1.54, 1.807) is 13.8 Å². The number of hydrogen-bond donors (Lipinski definition) is 0. The molecule has 0 bridgehead atoms. The predicted molar refractivity (Wildman–Crippen MR) is 144 cm³/mol. The first-order valence-corrected chi connectivity index (χ1v) is 14.2. The van der Waals surface area contributed by atoms with E-state index in [4.69, 9.17) is 9.47 Å². The Balaban J connectivity index is 4.29. The zero-order chi connectivity index (χ0) is 25.4. The first-order valence-electron chi connectivity index (χ1n) is 14.2. The van der Waals surface area contributed by atoms with Gasteiger partial charge in [0.05, 0.1) is 12.2 Å². The molecule has 0 aliphatic carbocycles. The van der Waals surface area contributed by atoms with Gasteiger partial charge in [0.25, 0.3) is 0 Å². The normalized spacial score (nSPS) is 11.8. The highest BCUT2D eigenvalue weighted by atomic mass is 16.5. The van der Waals surface area contributed by atoms with Gasteiger partial charge in [-0.15, -0.1) is 0 Å². The van der Waals surface area contributed by atoms with E-state index in [1.807, 2.05) is 0 Å². The number of carbonyl (C=O) groups is 2.